The van der Waals surface area contributed by atoms with Crippen molar-refractivity contribution in [2.45, 2.75) is 336 Å². The van der Waals surface area contributed by atoms with Crippen LogP contribution in [0.25, 0.3) is 0 Å². The summed E-state index contributed by atoms with van der Waals surface area (Å²) in [6.45, 7) is 16.5. The number of nitrogens with one attached hydrogen (secondary N) is 1. The third-order valence-electron chi connectivity index (χ3n) is 23.3. The van der Waals surface area contributed by atoms with Crippen molar-refractivity contribution < 1.29 is 37.9 Å². The zero-order valence-corrected chi connectivity index (χ0v) is 64.8. The second-order valence-corrected chi connectivity index (χ2v) is 30.9. The van der Waals surface area contributed by atoms with Crippen molar-refractivity contribution in [3.05, 3.63) is 146 Å². The standard InChI is InChI=1S/C92H129N3O8/c1-8-12-16-20-24-28-32-36-43-49-72-76-57-77-73(50-44-37-33-29-25-21-17-13-9-2)79-59-81-75(52-46-39-35-31-27-23-19-15-11-4)83-60-82-74(51-45-38-34-30-26-22-18-14-10-3)80-58-78(72)87-67(6)89(80)100-64-102-91(82)84(61-93-69-53-55-71(56-54-69)95-94-70-47-41-40-42-48-70)92(83)103-65-101-90(81)68(7)88(79)99-63-97-86(77)66(5)85(76)96-62-98-87/h40-42,47-48,53-60,72-75,93H,8-39,43-46,49-52,61-65H2,1-7H3. The van der Waals surface area contributed by atoms with E-state index in [2.05, 4.69) is 100 Å². The molecule has 6 aromatic carbocycles. The van der Waals surface area contributed by atoms with Crippen molar-refractivity contribution in [3.63, 3.8) is 0 Å². The van der Waals surface area contributed by atoms with Gasteiger partial charge in [-0.15, -0.1) is 0 Å². The van der Waals surface area contributed by atoms with Gasteiger partial charge >= 0.3 is 0 Å². The Kier molecular flexibility index (Phi) is 30.8. The number of hydrogen-bond donors (Lipinski definition) is 1. The number of ether oxygens (including phenoxy) is 8. The first-order valence-electron chi connectivity index (χ1n) is 41.9. The van der Waals surface area contributed by atoms with Gasteiger partial charge in [0.05, 0.1) is 16.9 Å². The maximum Gasteiger partial charge on any atom is 0.230 e. The van der Waals surface area contributed by atoms with E-state index in [4.69, 9.17) is 37.9 Å². The van der Waals surface area contributed by atoms with Crippen LogP contribution in [0.2, 0.25) is 0 Å². The molecule has 11 nitrogen and oxygen atoms in total. The Hall–Kier alpha value is -6.88. The topological polar surface area (TPSA) is 111 Å². The summed E-state index contributed by atoms with van der Waals surface area (Å²) in [6.07, 6.45) is 48.9. The molecule has 11 rings (SSSR count). The Balaban J connectivity index is 1.12. The summed E-state index contributed by atoms with van der Waals surface area (Å²) in [6, 6.07) is 28.5. The lowest BCUT2D eigenvalue weighted by Crippen LogP contribution is -2.25. The van der Waals surface area contributed by atoms with Gasteiger partial charge in [-0.2, -0.15) is 10.2 Å². The van der Waals surface area contributed by atoms with Crippen LogP contribution in [0, 0.1) is 20.8 Å². The number of rotatable bonds is 45. The van der Waals surface area contributed by atoms with Crippen LogP contribution in [-0.2, 0) is 6.54 Å². The number of azo groups is 1. The minimum Gasteiger partial charge on any atom is -0.457 e. The van der Waals surface area contributed by atoms with Crippen LogP contribution in [0.1, 0.15) is 375 Å². The van der Waals surface area contributed by atoms with Crippen molar-refractivity contribution >= 4 is 17.1 Å². The molecule has 1 N–H and O–H groups in total. The highest BCUT2D eigenvalue weighted by molar-refractivity contribution is 5.70. The van der Waals surface area contributed by atoms with E-state index in [-0.39, 0.29) is 50.8 Å². The fraction of sp³-hybridized carbons (Fsp3) is 0.609. The molecule has 0 saturated heterocycles. The number of anilines is 1. The van der Waals surface area contributed by atoms with Crippen molar-refractivity contribution in [1.29, 1.82) is 0 Å². The van der Waals surface area contributed by atoms with E-state index in [0.29, 0.717) is 6.54 Å². The highest BCUT2D eigenvalue weighted by Gasteiger charge is 2.41. The van der Waals surface area contributed by atoms with E-state index < -0.39 is 0 Å². The second kappa shape index (κ2) is 41.1. The summed E-state index contributed by atoms with van der Waals surface area (Å²) in [7, 11) is 0. The van der Waals surface area contributed by atoms with Gasteiger partial charge in [0, 0.05) is 97.1 Å². The number of unbranched alkanes of at least 4 members (excludes halogenated alkanes) is 32. The molecule has 11 heteroatoms. The normalized spacial score (nSPS) is 16.8. The molecule has 0 spiro atoms. The van der Waals surface area contributed by atoms with Crippen LogP contribution in [0.5, 0.6) is 46.0 Å². The summed E-state index contributed by atoms with van der Waals surface area (Å²) in [5.41, 5.74) is 16.4. The lowest BCUT2D eigenvalue weighted by Gasteiger charge is -2.37. The van der Waals surface area contributed by atoms with Crippen LogP contribution >= 0.6 is 0 Å². The molecule has 0 aromatic heterocycles. The Morgan fingerprint density at radius 3 is 0.786 bits per heavy atom. The number of nitrogens with zero attached hydrogens (tertiary/aromatic N) is 2. The molecule has 1 aliphatic carbocycles. The molecule has 8 bridgehead atoms. The summed E-state index contributed by atoms with van der Waals surface area (Å²) < 4.78 is 57.6. The van der Waals surface area contributed by atoms with Gasteiger partial charge < -0.3 is 43.2 Å². The molecule has 5 aliphatic rings. The summed E-state index contributed by atoms with van der Waals surface area (Å²) in [5, 5.41) is 13.1. The molecule has 4 aliphatic heterocycles. The molecule has 0 amide bonds. The van der Waals surface area contributed by atoms with Crippen molar-refractivity contribution in [2.75, 3.05) is 32.5 Å². The predicted molar refractivity (Wildman–Crippen MR) is 424 cm³/mol. The third-order valence-corrected chi connectivity index (χ3v) is 23.3. The van der Waals surface area contributed by atoms with Crippen molar-refractivity contribution in [3.8, 4) is 46.0 Å². The maximum atomic E-state index is 7.35. The first kappa shape index (κ1) is 77.2. The zero-order valence-electron chi connectivity index (χ0n) is 64.8. The SMILES string of the molecule is CCCCCCCCCCCC1c2cc3c4c(C)c2OCOc2c1cc1c(c2C)OCOc2c(cc5c(c2CNc2ccc(N=Nc6ccccc6)cc2)OCOc2c(cc(c(c2C)OCO4)C3CCCCCCCCCCC)C5CCCCCCCCCCC)C1CCCCCCCCCCC. The second-order valence-electron chi connectivity index (χ2n) is 30.9. The van der Waals surface area contributed by atoms with Crippen LogP contribution in [-0.4, -0.2) is 27.2 Å². The van der Waals surface area contributed by atoms with E-state index in [1.807, 2.05) is 42.5 Å². The fourth-order valence-corrected chi connectivity index (χ4v) is 17.6. The van der Waals surface area contributed by atoms with Crippen LogP contribution < -0.4 is 43.2 Å². The monoisotopic (exact) mass is 1400 g/mol. The average molecular weight is 1410 g/mol. The zero-order chi connectivity index (χ0) is 71.4. The lowest BCUT2D eigenvalue weighted by atomic mass is 9.74. The van der Waals surface area contributed by atoms with E-state index in [1.165, 1.54) is 237 Å². The van der Waals surface area contributed by atoms with Gasteiger partial charge in [-0.1, -0.05) is 277 Å². The molecule has 4 heterocycles. The predicted octanol–water partition coefficient (Wildman–Crippen LogP) is 28.1. The molecular weight excluding hydrogens is 1280 g/mol. The summed E-state index contributed by atoms with van der Waals surface area (Å²) in [4.78, 5) is 0. The maximum absolute atomic E-state index is 7.35. The lowest BCUT2D eigenvalue weighted by molar-refractivity contribution is 0.0953. The third kappa shape index (κ3) is 20.4. The van der Waals surface area contributed by atoms with Gasteiger partial charge in [0.15, 0.2) is 0 Å². The molecule has 560 valence electrons. The van der Waals surface area contributed by atoms with Gasteiger partial charge in [-0.05, 0) is 107 Å². The van der Waals surface area contributed by atoms with E-state index in [1.54, 1.807) is 0 Å². The molecular formula is C92H129N3O8. The Morgan fingerprint density at radius 2 is 0.515 bits per heavy atom. The largest absolute Gasteiger partial charge is 0.457 e. The molecule has 0 saturated carbocycles. The Labute approximate surface area is 621 Å². The minimum absolute atomic E-state index is 0.0106. The molecule has 4 unspecified atom stereocenters. The molecule has 103 heavy (non-hydrogen) atoms. The number of hydrogen-bond acceptors (Lipinski definition) is 11. The minimum atomic E-state index is -0.0958. The molecule has 4 atom stereocenters. The first-order valence-corrected chi connectivity index (χ1v) is 41.9. The van der Waals surface area contributed by atoms with Crippen molar-refractivity contribution in [1.82, 2.24) is 0 Å². The molecule has 6 aromatic rings. The highest BCUT2D eigenvalue weighted by Crippen LogP contribution is 2.58. The molecule has 0 radical (unpaired) electrons. The Morgan fingerprint density at radius 1 is 0.282 bits per heavy atom. The van der Waals surface area contributed by atoms with Gasteiger partial charge in [-0.25, -0.2) is 0 Å². The quantitative estimate of drug-likeness (QED) is 0.0295. The fourth-order valence-electron chi connectivity index (χ4n) is 17.6. The smallest absolute Gasteiger partial charge is 0.230 e. The van der Waals surface area contributed by atoms with Crippen molar-refractivity contribution in [2.24, 2.45) is 10.2 Å². The van der Waals surface area contributed by atoms with Crippen LogP contribution in [0.4, 0.5) is 17.1 Å². The summed E-state index contributed by atoms with van der Waals surface area (Å²) in [5.74, 6) is 6.61. The number of benzene rings is 6. The molecule has 0 fully saturated rings. The first-order chi connectivity index (χ1) is 50.8. The van der Waals surface area contributed by atoms with Gasteiger partial charge in [0.2, 0.25) is 27.2 Å². The summed E-state index contributed by atoms with van der Waals surface area (Å²) >= 11 is 0. The van der Waals surface area contributed by atoms with Crippen LogP contribution in [0.3, 0.4) is 0 Å². The average Bonchev–Trinajstić information content (AvgIpc) is 0.725. The van der Waals surface area contributed by atoms with Gasteiger partial charge in [0.25, 0.3) is 0 Å². The van der Waals surface area contributed by atoms with E-state index >= 15 is 0 Å². The highest BCUT2D eigenvalue weighted by atomic mass is 16.7. The van der Waals surface area contributed by atoms with E-state index in [9.17, 15) is 0 Å². The van der Waals surface area contributed by atoms with Gasteiger partial charge in [-0.3, -0.25) is 0 Å². The Bertz CT molecular complexity index is 3420. The van der Waals surface area contributed by atoms with Gasteiger partial charge in [0.1, 0.15) is 46.0 Å². The van der Waals surface area contributed by atoms with E-state index in [0.717, 1.165) is 150 Å². The van der Waals surface area contributed by atoms with Crippen LogP contribution in [0.15, 0.2) is 89.1 Å².